The van der Waals surface area contributed by atoms with E-state index in [0.717, 1.165) is 16.3 Å². The Morgan fingerprint density at radius 1 is 0.792 bits per heavy atom. The summed E-state index contributed by atoms with van der Waals surface area (Å²) in [6.45, 7) is 6.20. The maximum absolute atomic E-state index is 12.8. The van der Waals surface area contributed by atoms with Gasteiger partial charge in [-0.2, -0.15) is 0 Å². The van der Waals surface area contributed by atoms with Gasteiger partial charge in [-0.3, -0.25) is 4.72 Å². The van der Waals surface area contributed by atoms with Crippen molar-refractivity contribution in [3.8, 4) is 0 Å². The number of sulfonamides is 1. The van der Waals surface area contributed by atoms with Gasteiger partial charge in [0.1, 0.15) is 0 Å². The lowest BCUT2D eigenvalue weighted by Crippen LogP contribution is -2.19. The van der Waals surface area contributed by atoms with Gasteiger partial charge >= 0.3 is 0 Å². The summed E-state index contributed by atoms with van der Waals surface area (Å²) in [6, 6.07) is 20.4. The molecule has 0 aliphatic heterocycles. The van der Waals surface area contributed by atoms with E-state index in [1.165, 1.54) is 0 Å². The highest BCUT2D eigenvalue weighted by Gasteiger charge is 2.21. The Hall–Kier alpha value is -2.33. The zero-order chi connectivity index (χ0) is 17.4. The molecule has 0 unspecified atom stereocenters. The number of benzene rings is 3. The number of rotatable bonds is 3. The standard InChI is InChI=1S/C20H21NO2S/c1-20(2,3)18-10-6-7-11-19(18)21-24(22,23)17-13-12-15-8-4-5-9-16(15)14-17/h4-14,21H,1-3H3. The van der Waals surface area contributed by atoms with E-state index < -0.39 is 10.0 Å². The molecule has 4 heteroatoms. The molecule has 3 aromatic carbocycles. The number of fused-ring (bicyclic) bond motifs is 1. The van der Waals surface area contributed by atoms with Gasteiger partial charge in [0.15, 0.2) is 0 Å². The predicted molar refractivity (Wildman–Crippen MR) is 99.9 cm³/mol. The first-order valence-electron chi connectivity index (χ1n) is 7.88. The van der Waals surface area contributed by atoms with Gasteiger partial charge in [0, 0.05) is 0 Å². The Labute approximate surface area is 143 Å². The van der Waals surface area contributed by atoms with E-state index in [9.17, 15) is 8.42 Å². The highest BCUT2D eigenvalue weighted by molar-refractivity contribution is 7.92. The van der Waals surface area contributed by atoms with E-state index in [-0.39, 0.29) is 10.3 Å². The molecule has 3 aromatic rings. The van der Waals surface area contributed by atoms with Gasteiger partial charge in [0.2, 0.25) is 0 Å². The largest absolute Gasteiger partial charge is 0.279 e. The van der Waals surface area contributed by atoms with Gasteiger partial charge in [-0.05, 0) is 39.9 Å². The van der Waals surface area contributed by atoms with Crippen LogP contribution in [0.25, 0.3) is 10.8 Å². The van der Waals surface area contributed by atoms with E-state index in [1.54, 1.807) is 18.2 Å². The van der Waals surface area contributed by atoms with Gasteiger partial charge in [-0.1, -0.05) is 69.3 Å². The van der Waals surface area contributed by atoms with Crippen LogP contribution in [0.15, 0.2) is 71.6 Å². The summed E-state index contributed by atoms with van der Waals surface area (Å²) in [5.74, 6) is 0. The fraction of sp³-hybridized carbons (Fsp3) is 0.200. The van der Waals surface area contributed by atoms with Crippen molar-refractivity contribution in [1.29, 1.82) is 0 Å². The Balaban J connectivity index is 2.02. The van der Waals surface area contributed by atoms with E-state index in [2.05, 4.69) is 25.5 Å². The molecule has 0 atom stereocenters. The fourth-order valence-corrected chi connectivity index (χ4v) is 3.88. The minimum Gasteiger partial charge on any atom is -0.279 e. The van der Waals surface area contributed by atoms with Crippen LogP contribution in [0.4, 0.5) is 5.69 Å². The number of hydrogen-bond acceptors (Lipinski definition) is 2. The third kappa shape index (κ3) is 3.29. The topological polar surface area (TPSA) is 46.2 Å². The van der Waals surface area contributed by atoms with Crippen LogP contribution in [0.5, 0.6) is 0 Å². The third-order valence-corrected chi connectivity index (χ3v) is 5.37. The van der Waals surface area contributed by atoms with E-state index in [1.807, 2.05) is 48.5 Å². The average Bonchev–Trinajstić information content (AvgIpc) is 2.53. The van der Waals surface area contributed by atoms with Crippen molar-refractivity contribution in [2.45, 2.75) is 31.1 Å². The summed E-state index contributed by atoms with van der Waals surface area (Å²) in [4.78, 5) is 0.268. The summed E-state index contributed by atoms with van der Waals surface area (Å²) >= 11 is 0. The lowest BCUT2D eigenvalue weighted by molar-refractivity contribution is 0.590. The van der Waals surface area contributed by atoms with E-state index in [0.29, 0.717) is 5.69 Å². The number of anilines is 1. The van der Waals surface area contributed by atoms with Crippen LogP contribution < -0.4 is 4.72 Å². The van der Waals surface area contributed by atoms with Crippen LogP contribution >= 0.6 is 0 Å². The maximum atomic E-state index is 12.8. The molecule has 24 heavy (non-hydrogen) atoms. The zero-order valence-electron chi connectivity index (χ0n) is 14.1. The molecule has 0 spiro atoms. The second-order valence-corrected chi connectivity index (χ2v) is 8.59. The molecule has 0 saturated carbocycles. The lowest BCUT2D eigenvalue weighted by atomic mass is 9.86. The van der Waals surface area contributed by atoms with Crippen molar-refractivity contribution in [2.24, 2.45) is 0 Å². The minimum atomic E-state index is -3.64. The van der Waals surface area contributed by atoms with Crippen molar-refractivity contribution in [3.05, 3.63) is 72.3 Å². The third-order valence-electron chi connectivity index (χ3n) is 4.01. The van der Waals surface area contributed by atoms with Crippen LogP contribution in [0.1, 0.15) is 26.3 Å². The molecule has 0 saturated heterocycles. The Morgan fingerprint density at radius 2 is 1.42 bits per heavy atom. The molecule has 0 amide bonds. The molecule has 0 aromatic heterocycles. The number of hydrogen-bond donors (Lipinski definition) is 1. The summed E-state index contributed by atoms with van der Waals surface area (Å²) in [5.41, 5.74) is 1.44. The van der Waals surface area contributed by atoms with Crippen LogP contribution in [0.2, 0.25) is 0 Å². The first kappa shape index (κ1) is 16.5. The quantitative estimate of drug-likeness (QED) is 0.735. The molecule has 0 aliphatic carbocycles. The Bertz CT molecular complexity index is 986. The smallest absolute Gasteiger partial charge is 0.261 e. The lowest BCUT2D eigenvalue weighted by Gasteiger charge is -2.23. The van der Waals surface area contributed by atoms with Gasteiger partial charge in [0.25, 0.3) is 10.0 Å². The van der Waals surface area contributed by atoms with Crippen LogP contribution in [-0.2, 0) is 15.4 Å². The van der Waals surface area contributed by atoms with Crippen molar-refractivity contribution in [2.75, 3.05) is 4.72 Å². The summed E-state index contributed by atoms with van der Waals surface area (Å²) in [7, 11) is -3.64. The average molecular weight is 339 g/mol. The SMILES string of the molecule is CC(C)(C)c1ccccc1NS(=O)(=O)c1ccc2ccccc2c1. The highest BCUT2D eigenvalue weighted by atomic mass is 32.2. The molecule has 3 rings (SSSR count). The minimum absolute atomic E-state index is 0.150. The van der Waals surface area contributed by atoms with Gasteiger partial charge in [0.05, 0.1) is 10.6 Å². The Kier molecular flexibility index (Phi) is 4.10. The molecule has 0 bridgehead atoms. The van der Waals surface area contributed by atoms with Crippen LogP contribution in [0, 0.1) is 0 Å². The van der Waals surface area contributed by atoms with Crippen molar-refractivity contribution >= 4 is 26.5 Å². The molecule has 0 radical (unpaired) electrons. The monoisotopic (exact) mass is 339 g/mol. The predicted octanol–water partition coefficient (Wildman–Crippen LogP) is 4.94. The van der Waals surface area contributed by atoms with Crippen LogP contribution in [0.3, 0.4) is 0 Å². The van der Waals surface area contributed by atoms with Gasteiger partial charge in [-0.25, -0.2) is 8.42 Å². The normalized spacial score (nSPS) is 12.3. The highest BCUT2D eigenvalue weighted by Crippen LogP contribution is 2.31. The first-order valence-corrected chi connectivity index (χ1v) is 9.37. The van der Waals surface area contributed by atoms with Gasteiger partial charge < -0.3 is 0 Å². The summed E-state index contributed by atoms with van der Waals surface area (Å²) in [6.07, 6.45) is 0. The maximum Gasteiger partial charge on any atom is 0.261 e. The molecule has 0 aliphatic rings. The molecule has 0 fully saturated rings. The molecular formula is C20H21NO2S. The second-order valence-electron chi connectivity index (χ2n) is 6.91. The molecule has 3 nitrogen and oxygen atoms in total. The molecule has 0 heterocycles. The van der Waals surface area contributed by atoms with E-state index >= 15 is 0 Å². The van der Waals surface area contributed by atoms with Gasteiger partial charge in [-0.15, -0.1) is 0 Å². The number of para-hydroxylation sites is 1. The summed E-state index contributed by atoms with van der Waals surface area (Å²) in [5, 5.41) is 1.93. The summed E-state index contributed by atoms with van der Waals surface area (Å²) < 4.78 is 28.4. The van der Waals surface area contributed by atoms with Crippen LogP contribution in [-0.4, -0.2) is 8.42 Å². The first-order chi connectivity index (χ1) is 11.3. The van der Waals surface area contributed by atoms with E-state index in [4.69, 9.17) is 0 Å². The Morgan fingerprint density at radius 3 is 2.12 bits per heavy atom. The molecular weight excluding hydrogens is 318 g/mol. The second kappa shape index (κ2) is 5.95. The molecule has 124 valence electrons. The molecule has 1 N–H and O–H groups in total. The van der Waals surface area contributed by atoms with Crippen molar-refractivity contribution in [3.63, 3.8) is 0 Å². The van der Waals surface area contributed by atoms with Crippen molar-refractivity contribution in [1.82, 2.24) is 0 Å². The van der Waals surface area contributed by atoms with Crippen molar-refractivity contribution < 1.29 is 8.42 Å². The number of nitrogens with one attached hydrogen (secondary N) is 1. The zero-order valence-corrected chi connectivity index (χ0v) is 14.9. The fourth-order valence-electron chi connectivity index (χ4n) is 2.76.